The predicted octanol–water partition coefficient (Wildman–Crippen LogP) is 2.37. The number of fused-ring (bicyclic) bond motifs is 2. The number of carbonyl (C=O) groups excluding carboxylic acids is 2. The lowest BCUT2D eigenvalue weighted by molar-refractivity contribution is -0.167. The first-order valence-corrected chi connectivity index (χ1v) is 15.9. The summed E-state index contributed by atoms with van der Waals surface area (Å²) in [7, 11) is 1.61. The number of aliphatic hydroxyl groups excluding tert-OH is 2. The number of anilines is 3. The topological polar surface area (TPSA) is 338 Å². The van der Waals surface area contributed by atoms with E-state index in [9.17, 15) is 19.8 Å². The SMILES string of the molecule is C[C@H](O)[C@H](O)c1cnc2nc(N)nc(N)c2n1.Cl.N=C(N)N.[C-]#[N+]c1nc([C@@H](OC(C)=O)[C@H](C)OC(=O)[C@@H](C)c2ccc3cc(OC)ccc3c2)cnc1N. The Morgan fingerprint density at radius 2 is 1.49 bits per heavy atom. The second-order valence-electron chi connectivity index (χ2n) is 11.6. The van der Waals surface area contributed by atoms with Crippen molar-refractivity contribution < 1.29 is 34.0 Å². The van der Waals surface area contributed by atoms with Gasteiger partial charge >= 0.3 is 17.8 Å². The second kappa shape index (κ2) is 20.0. The Labute approximate surface area is 321 Å². The number of ether oxygens (including phenoxy) is 3. The highest BCUT2D eigenvalue weighted by Crippen LogP contribution is 2.29. The van der Waals surface area contributed by atoms with Crippen molar-refractivity contribution >= 4 is 75.6 Å². The van der Waals surface area contributed by atoms with Gasteiger partial charge in [-0.3, -0.25) is 15.0 Å². The van der Waals surface area contributed by atoms with Crippen molar-refractivity contribution in [1.82, 2.24) is 29.9 Å². The van der Waals surface area contributed by atoms with Crippen molar-refractivity contribution in [2.45, 2.75) is 58.0 Å². The molecule has 0 bridgehead atoms. The van der Waals surface area contributed by atoms with Crippen LogP contribution in [0.4, 0.5) is 23.4 Å². The molecular weight excluding hydrogens is 738 g/mol. The highest BCUT2D eigenvalue weighted by Gasteiger charge is 2.32. The number of aliphatic hydroxyl groups is 2. The number of benzene rings is 2. The van der Waals surface area contributed by atoms with E-state index in [1.807, 2.05) is 36.4 Å². The number of rotatable bonds is 9. The van der Waals surface area contributed by atoms with Crippen molar-refractivity contribution in [3.63, 3.8) is 0 Å². The molecule has 0 aliphatic rings. The zero-order valence-electron chi connectivity index (χ0n) is 30.4. The molecule has 0 unspecified atom stereocenters. The molecule has 2 aromatic carbocycles. The molecule has 3 heterocycles. The van der Waals surface area contributed by atoms with Gasteiger partial charge in [-0.1, -0.05) is 30.8 Å². The smallest absolute Gasteiger partial charge is 0.313 e. The number of halogens is 1. The number of hydrogen-bond donors (Lipinski definition) is 8. The van der Waals surface area contributed by atoms with E-state index in [2.05, 4.69) is 46.2 Å². The van der Waals surface area contributed by atoms with Gasteiger partial charge in [0.15, 0.2) is 28.6 Å². The van der Waals surface area contributed by atoms with Crippen LogP contribution in [-0.2, 0) is 19.1 Å². The third-order valence-corrected chi connectivity index (χ3v) is 7.37. The quantitative estimate of drug-likeness (QED) is 0.0460. The van der Waals surface area contributed by atoms with Crippen molar-refractivity contribution in [2.24, 2.45) is 11.5 Å². The molecule has 55 heavy (non-hydrogen) atoms. The van der Waals surface area contributed by atoms with Crippen LogP contribution in [-0.4, -0.2) is 77.3 Å². The van der Waals surface area contributed by atoms with Crippen LogP contribution in [0.2, 0.25) is 0 Å². The van der Waals surface area contributed by atoms with Crippen molar-refractivity contribution in [3.05, 3.63) is 77.2 Å². The fourth-order valence-corrected chi connectivity index (χ4v) is 4.67. The largest absolute Gasteiger partial charge is 0.497 e. The van der Waals surface area contributed by atoms with Crippen LogP contribution >= 0.6 is 12.4 Å². The second-order valence-corrected chi connectivity index (χ2v) is 11.6. The van der Waals surface area contributed by atoms with E-state index in [4.69, 9.17) is 43.4 Å². The summed E-state index contributed by atoms with van der Waals surface area (Å²) in [6.45, 7) is 13.2. The summed E-state index contributed by atoms with van der Waals surface area (Å²) in [5.74, 6) is -1.32. The minimum atomic E-state index is -1.14. The fourth-order valence-electron chi connectivity index (χ4n) is 4.67. The number of nitrogen functional groups attached to an aromatic ring is 3. The number of aromatic nitrogens is 6. The van der Waals surface area contributed by atoms with Gasteiger partial charge in [-0.15, -0.1) is 17.4 Å². The monoisotopic (exact) mass is 779 g/mol. The van der Waals surface area contributed by atoms with Gasteiger partial charge in [0.2, 0.25) is 12.1 Å². The molecule has 5 rings (SSSR count). The van der Waals surface area contributed by atoms with E-state index in [-0.39, 0.29) is 64.3 Å². The van der Waals surface area contributed by atoms with E-state index in [0.29, 0.717) is 0 Å². The average Bonchev–Trinajstić information content (AvgIpc) is 3.12. The van der Waals surface area contributed by atoms with Gasteiger partial charge in [0.25, 0.3) is 0 Å². The van der Waals surface area contributed by atoms with E-state index < -0.39 is 42.3 Å². The first kappa shape index (κ1) is 44.5. The molecule has 5 atom stereocenters. The maximum Gasteiger partial charge on any atom is 0.313 e. The molecule has 0 spiro atoms. The van der Waals surface area contributed by atoms with Crippen LogP contribution in [0.3, 0.4) is 0 Å². The number of nitrogens with one attached hydrogen (secondary N) is 1. The summed E-state index contributed by atoms with van der Waals surface area (Å²) in [6.07, 6.45) is -1.42. The number of nitrogens with two attached hydrogens (primary N) is 5. The fraction of sp³-hybridized carbons (Fsp3) is 0.294. The Balaban J connectivity index is 0.000000396. The standard InChI is InChI=1S/C24H24N4O5.C9H12N6O2.CH5N3.ClH/c1-13(16-6-7-18-11-19(31-5)9-8-17(18)10-16)24(30)32-14(2)21(33-15(3)29)20-12-27-22(25)23(26-4)28-20;1-3(16)6(17)4-2-12-8-5(13-4)7(10)14-9(11)15-8;2-1(3)4;/h6-14,21H,1-3,5H3,(H2,25,27);2-3,6,16-17H,1H3,(H4,10,11,12,14,15);(H5,2,3,4);1H/t13-,14-,21-;3-,6-;;/m00../s1. The van der Waals surface area contributed by atoms with Crippen LogP contribution in [0.1, 0.15) is 62.8 Å². The molecular formula is C34H42ClN13O7. The normalized spacial score (nSPS) is 13.1. The van der Waals surface area contributed by atoms with Crippen LogP contribution in [0.5, 0.6) is 5.75 Å². The van der Waals surface area contributed by atoms with Crippen LogP contribution in [0.15, 0.2) is 48.8 Å². The molecule has 0 saturated carbocycles. The van der Waals surface area contributed by atoms with Gasteiger partial charge in [-0.25, -0.2) is 15.0 Å². The maximum atomic E-state index is 12.9. The van der Waals surface area contributed by atoms with Gasteiger partial charge in [-0.2, -0.15) is 9.97 Å². The predicted molar refractivity (Wildman–Crippen MR) is 206 cm³/mol. The average molecular weight is 780 g/mol. The van der Waals surface area contributed by atoms with E-state index in [1.165, 1.54) is 26.2 Å². The van der Waals surface area contributed by atoms with Crippen LogP contribution in [0, 0.1) is 12.0 Å². The molecule has 0 aliphatic carbocycles. The molecule has 0 amide bonds. The first-order chi connectivity index (χ1) is 25.4. The summed E-state index contributed by atoms with van der Waals surface area (Å²) in [5.41, 5.74) is 27.2. The lowest BCUT2D eigenvalue weighted by Crippen LogP contribution is -2.28. The van der Waals surface area contributed by atoms with Crippen molar-refractivity contribution in [1.29, 1.82) is 5.41 Å². The number of carbonyl (C=O) groups is 2. The zero-order chi connectivity index (χ0) is 40.3. The Kier molecular flexibility index (Phi) is 16.1. The highest BCUT2D eigenvalue weighted by atomic mass is 35.5. The third kappa shape index (κ3) is 12.2. The first-order valence-electron chi connectivity index (χ1n) is 15.9. The van der Waals surface area contributed by atoms with Gasteiger partial charge in [0, 0.05) is 6.92 Å². The summed E-state index contributed by atoms with van der Waals surface area (Å²) in [4.78, 5) is 51.4. The van der Waals surface area contributed by atoms with Gasteiger partial charge in [0.05, 0.1) is 37.2 Å². The molecule has 5 aromatic rings. The molecule has 292 valence electrons. The minimum absolute atomic E-state index is 0. The van der Waals surface area contributed by atoms with E-state index >= 15 is 0 Å². The number of nitrogens with zero attached hydrogens (tertiary/aromatic N) is 7. The summed E-state index contributed by atoms with van der Waals surface area (Å²) < 4.78 is 16.2. The lowest BCUT2D eigenvalue weighted by atomic mass is 9.97. The Morgan fingerprint density at radius 3 is 2.09 bits per heavy atom. The molecule has 0 aliphatic heterocycles. The zero-order valence-corrected chi connectivity index (χ0v) is 31.2. The molecule has 20 nitrogen and oxygen atoms in total. The van der Waals surface area contributed by atoms with Crippen LogP contribution < -0.4 is 33.4 Å². The minimum Gasteiger partial charge on any atom is -0.497 e. The number of esters is 2. The Morgan fingerprint density at radius 1 is 0.873 bits per heavy atom. The molecule has 0 fully saturated rings. The molecule has 21 heteroatoms. The Hall–Kier alpha value is -6.69. The summed E-state index contributed by atoms with van der Waals surface area (Å²) in [6, 6.07) is 11.4. The van der Waals surface area contributed by atoms with Crippen molar-refractivity contribution in [3.8, 4) is 5.75 Å². The highest BCUT2D eigenvalue weighted by molar-refractivity contribution is 5.87. The molecule has 13 N–H and O–H groups in total. The summed E-state index contributed by atoms with van der Waals surface area (Å²) in [5, 5.41) is 26.9. The van der Waals surface area contributed by atoms with Gasteiger partial charge in [-0.05, 0) is 49.2 Å². The van der Waals surface area contributed by atoms with Crippen molar-refractivity contribution in [2.75, 3.05) is 24.3 Å². The number of guanidine groups is 1. The summed E-state index contributed by atoms with van der Waals surface area (Å²) >= 11 is 0. The third-order valence-electron chi connectivity index (χ3n) is 7.37. The number of hydrogen-bond acceptors (Lipinski definition) is 17. The lowest BCUT2D eigenvalue weighted by Gasteiger charge is -2.23. The number of methoxy groups -OCH3 is 1. The van der Waals surface area contributed by atoms with E-state index in [1.54, 1.807) is 21.0 Å². The Bertz CT molecular complexity index is 2180. The van der Waals surface area contributed by atoms with Gasteiger partial charge < -0.3 is 57.9 Å². The molecule has 3 aromatic heterocycles. The van der Waals surface area contributed by atoms with Crippen LogP contribution in [0.25, 0.3) is 26.8 Å². The van der Waals surface area contributed by atoms with Gasteiger partial charge in [0.1, 0.15) is 23.8 Å². The molecule has 0 radical (unpaired) electrons. The van der Waals surface area contributed by atoms with E-state index in [0.717, 1.165) is 22.1 Å². The maximum absolute atomic E-state index is 12.9. The molecule has 0 saturated heterocycles.